The number of benzene rings is 1. The summed E-state index contributed by atoms with van der Waals surface area (Å²) in [5.41, 5.74) is 0. The molecule has 2 nitrogen and oxygen atoms in total. The van der Waals surface area contributed by atoms with Gasteiger partial charge in [0.15, 0.2) is 0 Å². The van der Waals surface area contributed by atoms with Gasteiger partial charge in [0.05, 0.1) is 0 Å². The molecule has 1 N–H and O–H groups in total. The molecule has 0 fully saturated rings. The summed E-state index contributed by atoms with van der Waals surface area (Å²) < 4.78 is 6.81. The van der Waals surface area contributed by atoms with Crippen LogP contribution >= 0.6 is 22.6 Å². The van der Waals surface area contributed by atoms with Crippen molar-refractivity contribution in [2.75, 3.05) is 19.7 Å². The summed E-state index contributed by atoms with van der Waals surface area (Å²) in [5.74, 6) is 0.952. The van der Waals surface area contributed by atoms with E-state index < -0.39 is 0 Å². The number of hydrogen-bond donors (Lipinski definition) is 1. The third-order valence-corrected chi connectivity index (χ3v) is 2.79. The molecule has 0 saturated carbocycles. The molecule has 84 valence electrons. The Balaban J connectivity index is 2.07. The minimum Gasteiger partial charge on any atom is -0.492 e. The molecule has 0 aliphatic rings. The van der Waals surface area contributed by atoms with Crippen molar-refractivity contribution in [3.8, 4) is 5.75 Å². The highest BCUT2D eigenvalue weighted by Gasteiger charge is 1.92. The molecule has 0 aliphatic carbocycles. The molecule has 15 heavy (non-hydrogen) atoms. The van der Waals surface area contributed by atoms with Crippen LogP contribution in [0.15, 0.2) is 24.3 Å². The number of unbranched alkanes of at least 4 members (excludes halogenated alkanes) is 1. The van der Waals surface area contributed by atoms with Gasteiger partial charge in [-0.1, -0.05) is 13.3 Å². The van der Waals surface area contributed by atoms with Crippen LogP contribution in [0.5, 0.6) is 5.75 Å². The maximum atomic E-state index is 5.58. The standard InChI is InChI=1S/C12H18INO/c1-2-3-8-14-9-10-15-12-6-4-11(13)5-7-12/h4-7,14H,2-3,8-10H2,1H3. The lowest BCUT2D eigenvalue weighted by atomic mass is 10.3. The third kappa shape index (κ3) is 5.99. The van der Waals surface area contributed by atoms with Crippen molar-refractivity contribution >= 4 is 22.6 Å². The number of hydrogen-bond acceptors (Lipinski definition) is 2. The Bertz CT molecular complexity index is 261. The summed E-state index contributed by atoms with van der Waals surface area (Å²) >= 11 is 2.29. The second-order valence-corrected chi connectivity index (χ2v) is 4.65. The topological polar surface area (TPSA) is 21.3 Å². The van der Waals surface area contributed by atoms with Crippen LogP contribution in [0.25, 0.3) is 0 Å². The number of rotatable bonds is 7. The SMILES string of the molecule is CCCCNCCOc1ccc(I)cc1. The van der Waals surface area contributed by atoms with Gasteiger partial charge in [-0.25, -0.2) is 0 Å². The molecule has 1 rings (SSSR count). The predicted octanol–water partition coefficient (Wildman–Crippen LogP) is 3.06. The van der Waals surface area contributed by atoms with Crippen LogP contribution in [-0.4, -0.2) is 19.7 Å². The zero-order chi connectivity index (χ0) is 10.9. The molecule has 0 atom stereocenters. The molecule has 0 saturated heterocycles. The van der Waals surface area contributed by atoms with Gasteiger partial charge in [-0.2, -0.15) is 0 Å². The van der Waals surface area contributed by atoms with Crippen LogP contribution in [-0.2, 0) is 0 Å². The first-order valence-electron chi connectivity index (χ1n) is 5.42. The normalized spacial score (nSPS) is 10.3. The van der Waals surface area contributed by atoms with E-state index in [1.54, 1.807) is 0 Å². The third-order valence-electron chi connectivity index (χ3n) is 2.07. The summed E-state index contributed by atoms with van der Waals surface area (Å²) in [7, 11) is 0. The van der Waals surface area contributed by atoms with Gasteiger partial charge in [-0.05, 0) is 59.8 Å². The maximum absolute atomic E-state index is 5.58. The highest BCUT2D eigenvalue weighted by molar-refractivity contribution is 14.1. The number of halogens is 1. The second-order valence-electron chi connectivity index (χ2n) is 3.41. The molecule has 1 aromatic carbocycles. The zero-order valence-corrected chi connectivity index (χ0v) is 11.3. The first-order valence-corrected chi connectivity index (χ1v) is 6.50. The molecule has 0 unspecified atom stereocenters. The Morgan fingerprint density at radius 3 is 2.60 bits per heavy atom. The van der Waals surface area contributed by atoms with Crippen molar-refractivity contribution < 1.29 is 4.74 Å². The van der Waals surface area contributed by atoms with Gasteiger partial charge in [0, 0.05) is 10.1 Å². The van der Waals surface area contributed by atoms with Crippen molar-refractivity contribution in [1.82, 2.24) is 5.32 Å². The van der Waals surface area contributed by atoms with E-state index in [1.807, 2.05) is 12.1 Å². The summed E-state index contributed by atoms with van der Waals surface area (Å²) in [5, 5.41) is 3.34. The van der Waals surface area contributed by atoms with Crippen molar-refractivity contribution in [1.29, 1.82) is 0 Å². The van der Waals surface area contributed by atoms with E-state index >= 15 is 0 Å². The van der Waals surface area contributed by atoms with Crippen LogP contribution in [0.2, 0.25) is 0 Å². The first-order chi connectivity index (χ1) is 7.33. The molecule has 0 amide bonds. The van der Waals surface area contributed by atoms with Crippen LogP contribution in [0.3, 0.4) is 0 Å². The van der Waals surface area contributed by atoms with Gasteiger partial charge in [0.2, 0.25) is 0 Å². The van der Waals surface area contributed by atoms with E-state index in [9.17, 15) is 0 Å². The molecule has 1 aromatic rings. The molecular weight excluding hydrogens is 301 g/mol. The summed E-state index contributed by atoms with van der Waals surface area (Å²) in [6, 6.07) is 8.13. The van der Waals surface area contributed by atoms with Crippen LogP contribution < -0.4 is 10.1 Å². The minimum atomic E-state index is 0.740. The number of ether oxygens (including phenoxy) is 1. The Morgan fingerprint density at radius 2 is 1.93 bits per heavy atom. The maximum Gasteiger partial charge on any atom is 0.119 e. The molecule has 3 heteroatoms. The molecular formula is C12H18INO. The van der Waals surface area contributed by atoms with E-state index in [-0.39, 0.29) is 0 Å². The molecule has 0 spiro atoms. The van der Waals surface area contributed by atoms with Gasteiger partial charge in [0.25, 0.3) is 0 Å². The summed E-state index contributed by atoms with van der Waals surface area (Å²) in [6.45, 7) is 4.95. The molecule has 0 aromatic heterocycles. The monoisotopic (exact) mass is 319 g/mol. The largest absolute Gasteiger partial charge is 0.492 e. The van der Waals surface area contributed by atoms with E-state index in [0.29, 0.717) is 0 Å². The van der Waals surface area contributed by atoms with E-state index in [0.717, 1.165) is 25.4 Å². The van der Waals surface area contributed by atoms with Crippen LogP contribution in [0.4, 0.5) is 0 Å². The average molecular weight is 319 g/mol. The Hall–Kier alpha value is -0.290. The van der Waals surface area contributed by atoms with E-state index in [1.165, 1.54) is 16.4 Å². The lowest BCUT2D eigenvalue weighted by Crippen LogP contribution is -2.21. The zero-order valence-electron chi connectivity index (χ0n) is 9.13. The summed E-state index contributed by atoms with van der Waals surface area (Å²) in [6.07, 6.45) is 2.48. The van der Waals surface area contributed by atoms with E-state index in [2.05, 4.69) is 47.0 Å². The highest BCUT2D eigenvalue weighted by atomic mass is 127. The number of nitrogens with one attached hydrogen (secondary N) is 1. The summed E-state index contributed by atoms with van der Waals surface area (Å²) in [4.78, 5) is 0. The minimum absolute atomic E-state index is 0.740. The van der Waals surface area contributed by atoms with Crippen molar-refractivity contribution in [2.45, 2.75) is 19.8 Å². The quantitative estimate of drug-likeness (QED) is 0.616. The molecule has 0 heterocycles. The van der Waals surface area contributed by atoms with Crippen molar-refractivity contribution in [3.05, 3.63) is 27.8 Å². The van der Waals surface area contributed by atoms with Crippen LogP contribution in [0.1, 0.15) is 19.8 Å². The lowest BCUT2D eigenvalue weighted by Gasteiger charge is -2.07. The smallest absolute Gasteiger partial charge is 0.119 e. The second kappa shape index (κ2) is 7.93. The fourth-order valence-corrected chi connectivity index (χ4v) is 1.56. The molecule has 0 radical (unpaired) electrons. The Kier molecular flexibility index (Phi) is 6.76. The average Bonchev–Trinajstić information content (AvgIpc) is 2.26. The van der Waals surface area contributed by atoms with Gasteiger partial charge >= 0.3 is 0 Å². The van der Waals surface area contributed by atoms with Gasteiger partial charge in [-0.15, -0.1) is 0 Å². The van der Waals surface area contributed by atoms with Gasteiger partial charge in [0.1, 0.15) is 12.4 Å². The first kappa shape index (κ1) is 12.8. The van der Waals surface area contributed by atoms with Gasteiger partial charge in [-0.3, -0.25) is 0 Å². The Labute approximate surface area is 106 Å². The van der Waals surface area contributed by atoms with Gasteiger partial charge < -0.3 is 10.1 Å². The fraction of sp³-hybridized carbons (Fsp3) is 0.500. The van der Waals surface area contributed by atoms with Crippen molar-refractivity contribution in [3.63, 3.8) is 0 Å². The van der Waals surface area contributed by atoms with Crippen molar-refractivity contribution in [2.24, 2.45) is 0 Å². The highest BCUT2D eigenvalue weighted by Crippen LogP contribution is 2.12. The van der Waals surface area contributed by atoms with Crippen LogP contribution in [0, 0.1) is 3.57 Å². The lowest BCUT2D eigenvalue weighted by molar-refractivity contribution is 0.314. The molecule has 0 aliphatic heterocycles. The predicted molar refractivity (Wildman–Crippen MR) is 72.4 cm³/mol. The van der Waals surface area contributed by atoms with E-state index in [4.69, 9.17) is 4.74 Å². The molecule has 0 bridgehead atoms. The fourth-order valence-electron chi connectivity index (χ4n) is 1.20. The Morgan fingerprint density at radius 1 is 1.20 bits per heavy atom.